The zero-order chi connectivity index (χ0) is 15.2. The third-order valence-corrected chi connectivity index (χ3v) is 4.65. The van der Waals surface area contributed by atoms with E-state index in [1.54, 1.807) is 0 Å². The van der Waals surface area contributed by atoms with Gasteiger partial charge >= 0.3 is 0 Å². The molecule has 1 fully saturated rings. The summed E-state index contributed by atoms with van der Waals surface area (Å²) in [4.78, 5) is 12.4. The predicted octanol–water partition coefficient (Wildman–Crippen LogP) is 3.94. The van der Waals surface area contributed by atoms with Gasteiger partial charge in [0, 0.05) is 12.1 Å². The Morgan fingerprint density at radius 1 is 1.45 bits per heavy atom. The van der Waals surface area contributed by atoms with E-state index in [9.17, 15) is 4.79 Å². The van der Waals surface area contributed by atoms with Crippen molar-refractivity contribution in [2.45, 2.75) is 46.5 Å². The highest BCUT2D eigenvalue weighted by Crippen LogP contribution is 2.25. The summed E-state index contributed by atoms with van der Waals surface area (Å²) < 4.78 is 0. The second-order valence-electron chi connectivity index (χ2n) is 6.30. The molecule has 1 aliphatic rings. The van der Waals surface area contributed by atoms with E-state index >= 15 is 0 Å². The first kappa shape index (κ1) is 19.0. The molecule has 0 saturated carbocycles. The number of piperidine rings is 1. The van der Waals surface area contributed by atoms with Gasteiger partial charge in [-0.3, -0.25) is 4.79 Å². The van der Waals surface area contributed by atoms with Crippen molar-refractivity contribution >= 4 is 24.0 Å². The maximum atomic E-state index is 12.4. The molecular formula is C18H29ClN2O. The van der Waals surface area contributed by atoms with Gasteiger partial charge in [-0.1, -0.05) is 32.0 Å². The zero-order valence-corrected chi connectivity index (χ0v) is 14.8. The van der Waals surface area contributed by atoms with Crippen LogP contribution < -0.4 is 10.6 Å². The number of rotatable bonds is 5. The number of anilines is 1. The average molecular weight is 325 g/mol. The molecule has 22 heavy (non-hydrogen) atoms. The second-order valence-corrected chi connectivity index (χ2v) is 6.30. The van der Waals surface area contributed by atoms with E-state index < -0.39 is 0 Å². The number of nitrogens with one attached hydrogen (secondary N) is 2. The normalized spacial score (nSPS) is 19.1. The van der Waals surface area contributed by atoms with E-state index in [4.69, 9.17) is 0 Å². The SMILES string of the molecule is CCc1cccc(C)c1NC(=O)CC(C)C1CCCNC1.Cl. The van der Waals surface area contributed by atoms with Crippen molar-refractivity contribution in [3.63, 3.8) is 0 Å². The molecule has 1 aromatic rings. The summed E-state index contributed by atoms with van der Waals surface area (Å²) >= 11 is 0. The largest absolute Gasteiger partial charge is 0.326 e. The lowest BCUT2D eigenvalue weighted by molar-refractivity contribution is -0.117. The monoisotopic (exact) mass is 324 g/mol. The van der Waals surface area contributed by atoms with Crippen molar-refractivity contribution in [3.05, 3.63) is 29.3 Å². The van der Waals surface area contributed by atoms with Crippen molar-refractivity contribution in [2.24, 2.45) is 11.8 Å². The van der Waals surface area contributed by atoms with Crippen molar-refractivity contribution in [1.29, 1.82) is 0 Å². The highest BCUT2D eigenvalue weighted by atomic mass is 35.5. The molecule has 0 radical (unpaired) electrons. The first-order valence-corrected chi connectivity index (χ1v) is 8.20. The van der Waals surface area contributed by atoms with Gasteiger partial charge in [0.05, 0.1) is 0 Å². The molecule has 1 heterocycles. The van der Waals surface area contributed by atoms with Gasteiger partial charge in [0.15, 0.2) is 0 Å². The lowest BCUT2D eigenvalue weighted by atomic mass is 9.85. The van der Waals surface area contributed by atoms with Gasteiger partial charge in [-0.2, -0.15) is 0 Å². The van der Waals surface area contributed by atoms with Crippen LogP contribution >= 0.6 is 12.4 Å². The molecule has 2 atom stereocenters. The quantitative estimate of drug-likeness (QED) is 0.861. The van der Waals surface area contributed by atoms with Gasteiger partial charge < -0.3 is 10.6 Å². The van der Waals surface area contributed by atoms with Crippen LogP contribution in [-0.4, -0.2) is 19.0 Å². The van der Waals surface area contributed by atoms with Crippen molar-refractivity contribution in [1.82, 2.24) is 5.32 Å². The van der Waals surface area contributed by atoms with Gasteiger partial charge in [0.25, 0.3) is 0 Å². The van der Waals surface area contributed by atoms with Crippen molar-refractivity contribution < 1.29 is 4.79 Å². The molecular weight excluding hydrogens is 296 g/mol. The van der Waals surface area contributed by atoms with E-state index in [1.807, 2.05) is 0 Å². The molecule has 0 bridgehead atoms. The Labute approximate surface area is 140 Å². The minimum absolute atomic E-state index is 0. The highest BCUT2D eigenvalue weighted by Gasteiger charge is 2.22. The molecule has 3 nitrogen and oxygen atoms in total. The van der Waals surface area contributed by atoms with Crippen LogP contribution in [0.2, 0.25) is 0 Å². The Morgan fingerprint density at radius 3 is 2.86 bits per heavy atom. The fraction of sp³-hybridized carbons (Fsp3) is 0.611. The standard InChI is InChI=1S/C18H28N2O.ClH/c1-4-15-8-5-7-13(2)18(15)20-17(21)11-14(3)16-9-6-10-19-12-16;/h5,7-8,14,16,19H,4,6,9-12H2,1-3H3,(H,20,21);1H. The first-order chi connectivity index (χ1) is 10.1. The molecule has 0 aliphatic carbocycles. The fourth-order valence-electron chi connectivity index (χ4n) is 3.22. The number of aryl methyl sites for hydroxylation is 2. The minimum atomic E-state index is 0. The molecule has 4 heteroatoms. The molecule has 0 aromatic heterocycles. The third kappa shape index (κ3) is 4.99. The molecule has 1 aromatic carbocycles. The first-order valence-electron chi connectivity index (χ1n) is 8.20. The number of amides is 1. The number of halogens is 1. The van der Waals surface area contributed by atoms with E-state index in [1.165, 1.54) is 18.4 Å². The van der Waals surface area contributed by atoms with E-state index in [-0.39, 0.29) is 18.3 Å². The van der Waals surface area contributed by atoms with Gasteiger partial charge in [0.2, 0.25) is 5.91 Å². The molecule has 124 valence electrons. The lowest BCUT2D eigenvalue weighted by Gasteiger charge is -2.28. The summed E-state index contributed by atoms with van der Waals surface area (Å²) in [5.74, 6) is 1.22. The molecule has 2 unspecified atom stereocenters. The summed E-state index contributed by atoms with van der Waals surface area (Å²) in [5, 5.41) is 6.57. The summed E-state index contributed by atoms with van der Waals surface area (Å²) in [5.41, 5.74) is 3.38. The second kappa shape index (κ2) is 9.16. The number of para-hydroxylation sites is 1. The van der Waals surface area contributed by atoms with Gasteiger partial charge in [-0.25, -0.2) is 0 Å². The molecule has 1 aliphatic heterocycles. The van der Waals surface area contributed by atoms with Crippen molar-refractivity contribution in [3.8, 4) is 0 Å². The summed E-state index contributed by atoms with van der Waals surface area (Å²) in [6.45, 7) is 8.57. The van der Waals surface area contributed by atoms with Crippen molar-refractivity contribution in [2.75, 3.05) is 18.4 Å². The Kier molecular flexibility index (Phi) is 7.91. The molecule has 2 rings (SSSR count). The third-order valence-electron chi connectivity index (χ3n) is 4.65. The van der Waals surface area contributed by atoms with Crippen LogP contribution in [0.5, 0.6) is 0 Å². The smallest absolute Gasteiger partial charge is 0.224 e. The molecule has 2 N–H and O–H groups in total. The zero-order valence-electron chi connectivity index (χ0n) is 13.9. The molecule has 1 amide bonds. The van der Waals surface area contributed by atoms with Crippen LogP contribution in [0.3, 0.4) is 0 Å². The Bertz CT molecular complexity index is 484. The number of carbonyl (C=O) groups is 1. The van der Waals surface area contributed by atoms with Gasteiger partial charge in [0.1, 0.15) is 0 Å². The molecule has 1 saturated heterocycles. The maximum Gasteiger partial charge on any atom is 0.224 e. The maximum absolute atomic E-state index is 12.4. The number of benzene rings is 1. The number of hydrogen-bond donors (Lipinski definition) is 2. The highest BCUT2D eigenvalue weighted by molar-refractivity contribution is 5.92. The van der Waals surface area contributed by atoms with Crippen LogP contribution in [0, 0.1) is 18.8 Å². The van der Waals surface area contributed by atoms with Crippen LogP contribution in [0.4, 0.5) is 5.69 Å². The Balaban J connectivity index is 0.00000242. The summed E-state index contributed by atoms with van der Waals surface area (Å²) in [6, 6.07) is 6.21. The average Bonchev–Trinajstić information content (AvgIpc) is 2.50. The Morgan fingerprint density at radius 2 is 2.23 bits per heavy atom. The summed E-state index contributed by atoms with van der Waals surface area (Å²) in [7, 11) is 0. The fourth-order valence-corrected chi connectivity index (χ4v) is 3.22. The van der Waals surface area contributed by atoms with E-state index in [0.717, 1.165) is 30.8 Å². The van der Waals surface area contributed by atoms with E-state index in [0.29, 0.717) is 18.3 Å². The number of hydrogen-bond acceptors (Lipinski definition) is 2. The summed E-state index contributed by atoms with van der Waals surface area (Å²) in [6.07, 6.45) is 4.03. The van der Waals surface area contributed by atoms with Crippen LogP contribution in [-0.2, 0) is 11.2 Å². The van der Waals surface area contributed by atoms with Crippen LogP contribution in [0.15, 0.2) is 18.2 Å². The predicted molar refractivity (Wildman–Crippen MR) is 95.8 cm³/mol. The van der Waals surface area contributed by atoms with Crippen LogP contribution in [0.1, 0.15) is 44.2 Å². The lowest BCUT2D eigenvalue weighted by Crippen LogP contribution is -2.34. The van der Waals surface area contributed by atoms with Crippen LogP contribution in [0.25, 0.3) is 0 Å². The minimum Gasteiger partial charge on any atom is -0.326 e. The Hall–Kier alpha value is -1.06. The molecule has 0 spiro atoms. The topological polar surface area (TPSA) is 41.1 Å². The van der Waals surface area contributed by atoms with E-state index in [2.05, 4.69) is 49.6 Å². The number of carbonyl (C=O) groups excluding carboxylic acids is 1. The van der Waals surface area contributed by atoms with Gasteiger partial charge in [-0.15, -0.1) is 12.4 Å². The van der Waals surface area contributed by atoms with Gasteiger partial charge in [-0.05, 0) is 62.2 Å².